The highest BCUT2D eigenvalue weighted by Crippen LogP contribution is 2.28. The lowest BCUT2D eigenvalue weighted by Crippen LogP contribution is -2.16. The van der Waals surface area contributed by atoms with Crippen molar-refractivity contribution < 1.29 is 4.39 Å². The second-order valence-corrected chi connectivity index (χ2v) is 3.93. The van der Waals surface area contributed by atoms with Gasteiger partial charge in [0.15, 0.2) is 0 Å². The molecule has 0 heterocycles. The molecule has 1 atom stereocenters. The van der Waals surface area contributed by atoms with Crippen LogP contribution >= 0.6 is 0 Å². The first-order valence-corrected chi connectivity index (χ1v) is 5.27. The van der Waals surface area contributed by atoms with Crippen molar-refractivity contribution >= 4 is 0 Å². The number of hydrogen-bond donors (Lipinski definition) is 1. The first kappa shape index (κ1) is 9.66. The molecule has 1 aromatic rings. The van der Waals surface area contributed by atoms with Gasteiger partial charge in [0.2, 0.25) is 0 Å². The molecule has 14 heavy (non-hydrogen) atoms. The number of aryl methyl sites for hydroxylation is 1. The summed E-state index contributed by atoms with van der Waals surface area (Å²) in [6.45, 7) is 0. The number of benzene rings is 1. The van der Waals surface area contributed by atoms with Crippen molar-refractivity contribution in [3.63, 3.8) is 0 Å². The molecule has 0 fully saturated rings. The molecular formula is C12H16FN. The van der Waals surface area contributed by atoms with E-state index in [4.69, 9.17) is 0 Å². The van der Waals surface area contributed by atoms with E-state index in [1.165, 1.54) is 18.4 Å². The minimum Gasteiger partial charge on any atom is -0.313 e. The van der Waals surface area contributed by atoms with E-state index < -0.39 is 0 Å². The molecule has 0 aliphatic heterocycles. The van der Waals surface area contributed by atoms with Gasteiger partial charge in [-0.05, 0) is 49.6 Å². The van der Waals surface area contributed by atoms with E-state index in [0.29, 0.717) is 6.04 Å². The molecule has 0 saturated heterocycles. The Bertz CT molecular complexity index is 322. The molecule has 2 heteroatoms. The Labute approximate surface area is 84.3 Å². The highest BCUT2D eigenvalue weighted by atomic mass is 19.1. The lowest BCUT2D eigenvalue weighted by molar-refractivity contribution is 0.529. The van der Waals surface area contributed by atoms with Crippen molar-refractivity contribution in [3.05, 3.63) is 35.1 Å². The smallest absolute Gasteiger partial charge is 0.123 e. The van der Waals surface area contributed by atoms with Crippen molar-refractivity contribution in [1.82, 2.24) is 5.32 Å². The Morgan fingerprint density at radius 3 is 3.00 bits per heavy atom. The molecule has 1 nitrogen and oxygen atoms in total. The molecule has 2 rings (SSSR count). The minimum atomic E-state index is -0.120. The molecule has 0 aromatic heterocycles. The molecule has 0 radical (unpaired) electrons. The third-order valence-electron chi connectivity index (χ3n) is 3.02. The molecule has 1 aromatic carbocycles. The van der Waals surface area contributed by atoms with Crippen LogP contribution in [0.4, 0.5) is 4.39 Å². The Morgan fingerprint density at radius 2 is 2.21 bits per heavy atom. The Kier molecular flexibility index (Phi) is 2.82. The minimum absolute atomic E-state index is 0.120. The fraction of sp³-hybridized carbons (Fsp3) is 0.500. The van der Waals surface area contributed by atoms with Crippen LogP contribution in [0.3, 0.4) is 0 Å². The molecule has 1 unspecified atom stereocenters. The molecule has 0 amide bonds. The Morgan fingerprint density at radius 1 is 1.36 bits per heavy atom. The second kappa shape index (κ2) is 4.09. The van der Waals surface area contributed by atoms with Crippen LogP contribution in [0.1, 0.15) is 36.4 Å². The van der Waals surface area contributed by atoms with E-state index in [-0.39, 0.29) is 5.82 Å². The van der Waals surface area contributed by atoms with Crippen molar-refractivity contribution in [2.24, 2.45) is 0 Å². The third-order valence-corrected chi connectivity index (χ3v) is 3.02. The van der Waals surface area contributed by atoms with Gasteiger partial charge in [0.25, 0.3) is 0 Å². The normalized spacial score (nSPS) is 21.4. The van der Waals surface area contributed by atoms with Crippen LogP contribution < -0.4 is 5.32 Å². The van der Waals surface area contributed by atoms with E-state index in [1.807, 2.05) is 13.1 Å². The maximum atomic E-state index is 13.1. The molecule has 1 aliphatic carbocycles. The van der Waals surface area contributed by atoms with Crippen LogP contribution in [-0.2, 0) is 6.42 Å². The standard InChI is InChI=1S/C12H16FN/c1-14-12-5-3-2-4-9-6-7-10(13)8-11(9)12/h6-8,12,14H,2-5H2,1H3. The maximum absolute atomic E-state index is 13.1. The summed E-state index contributed by atoms with van der Waals surface area (Å²) in [4.78, 5) is 0. The van der Waals surface area contributed by atoms with Crippen LogP contribution in [0.2, 0.25) is 0 Å². The van der Waals surface area contributed by atoms with E-state index in [1.54, 1.807) is 12.1 Å². The first-order valence-electron chi connectivity index (χ1n) is 5.27. The Balaban J connectivity index is 2.40. The van der Waals surface area contributed by atoms with Gasteiger partial charge in [0.05, 0.1) is 0 Å². The van der Waals surface area contributed by atoms with E-state index in [0.717, 1.165) is 18.4 Å². The summed E-state index contributed by atoms with van der Waals surface area (Å²) in [7, 11) is 1.95. The monoisotopic (exact) mass is 193 g/mol. The van der Waals surface area contributed by atoms with Gasteiger partial charge in [-0.15, -0.1) is 0 Å². The summed E-state index contributed by atoms with van der Waals surface area (Å²) in [5.74, 6) is -0.120. The van der Waals surface area contributed by atoms with E-state index in [2.05, 4.69) is 5.32 Å². The zero-order valence-corrected chi connectivity index (χ0v) is 8.52. The number of halogens is 1. The average Bonchev–Trinajstić information content (AvgIpc) is 2.39. The predicted molar refractivity (Wildman–Crippen MR) is 55.8 cm³/mol. The van der Waals surface area contributed by atoms with Gasteiger partial charge in [-0.25, -0.2) is 4.39 Å². The summed E-state index contributed by atoms with van der Waals surface area (Å²) < 4.78 is 13.1. The Hall–Kier alpha value is -0.890. The van der Waals surface area contributed by atoms with Crippen LogP contribution in [0.25, 0.3) is 0 Å². The summed E-state index contributed by atoms with van der Waals surface area (Å²) in [5.41, 5.74) is 2.47. The lowest BCUT2D eigenvalue weighted by Gasteiger charge is -2.16. The van der Waals surface area contributed by atoms with Gasteiger partial charge < -0.3 is 5.32 Å². The number of fused-ring (bicyclic) bond motifs is 1. The van der Waals surface area contributed by atoms with Crippen LogP contribution in [-0.4, -0.2) is 7.05 Å². The topological polar surface area (TPSA) is 12.0 Å². The largest absolute Gasteiger partial charge is 0.313 e. The molecule has 0 saturated carbocycles. The third kappa shape index (κ3) is 1.80. The van der Waals surface area contributed by atoms with Gasteiger partial charge >= 0.3 is 0 Å². The van der Waals surface area contributed by atoms with Crippen molar-refractivity contribution in [3.8, 4) is 0 Å². The zero-order chi connectivity index (χ0) is 9.97. The first-order chi connectivity index (χ1) is 6.81. The van der Waals surface area contributed by atoms with Crippen LogP contribution in [0, 0.1) is 5.82 Å². The van der Waals surface area contributed by atoms with Gasteiger partial charge in [0.1, 0.15) is 5.82 Å². The van der Waals surface area contributed by atoms with Crippen molar-refractivity contribution in [2.75, 3.05) is 7.05 Å². The maximum Gasteiger partial charge on any atom is 0.123 e. The molecule has 76 valence electrons. The molecule has 1 aliphatic rings. The van der Waals surface area contributed by atoms with Gasteiger partial charge in [0, 0.05) is 6.04 Å². The van der Waals surface area contributed by atoms with Crippen molar-refractivity contribution in [1.29, 1.82) is 0 Å². The second-order valence-electron chi connectivity index (χ2n) is 3.93. The molecule has 1 N–H and O–H groups in total. The lowest BCUT2D eigenvalue weighted by atomic mass is 9.99. The SMILES string of the molecule is CNC1CCCCc2ccc(F)cc21. The summed E-state index contributed by atoms with van der Waals surface area (Å²) in [5, 5.41) is 3.26. The quantitative estimate of drug-likeness (QED) is 0.676. The van der Waals surface area contributed by atoms with Crippen LogP contribution in [0.5, 0.6) is 0 Å². The highest BCUT2D eigenvalue weighted by molar-refractivity contribution is 5.31. The fourth-order valence-corrected chi connectivity index (χ4v) is 2.24. The zero-order valence-electron chi connectivity index (χ0n) is 8.52. The van der Waals surface area contributed by atoms with Crippen molar-refractivity contribution in [2.45, 2.75) is 31.7 Å². The summed E-state index contributed by atoms with van der Waals surface area (Å²) >= 11 is 0. The van der Waals surface area contributed by atoms with Gasteiger partial charge in [-0.3, -0.25) is 0 Å². The average molecular weight is 193 g/mol. The van der Waals surface area contributed by atoms with E-state index >= 15 is 0 Å². The summed E-state index contributed by atoms with van der Waals surface area (Å²) in [6, 6.07) is 5.52. The van der Waals surface area contributed by atoms with Gasteiger partial charge in [-0.2, -0.15) is 0 Å². The van der Waals surface area contributed by atoms with Crippen LogP contribution in [0.15, 0.2) is 18.2 Å². The molecule has 0 spiro atoms. The predicted octanol–water partition coefficient (Wildman–Crippen LogP) is 2.81. The van der Waals surface area contributed by atoms with Gasteiger partial charge in [-0.1, -0.05) is 12.5 Å². The number of rotatable bonds is 1. The summed E-state index contributed by atoms with van der Waals surface area (Å²) in [6.07, 6.45) is 4.65. The van der Waals surface area contributed by atoms with E-state index in [9.17, 15) is 4.39 Å². The fourth-order valence-electron chi connectivity index (χ4n) is 2.24. The molecule has 0 bridgehead atoms. The number of hydrogen-bond acceptors (Lipinski definition) is 1. The highest BCUT2D eigenvalue weighted by Gasteiger charge is 2.17. The number of nitrogens with one attached hydrogen (secondary N) is 1. The molecular weight excluding hydrogens is 177 g/mol.